The monoisotopic (exact) mass is 351 g/mol. The van der Waals surface area contributed by atoms with E-state index in [0.29, 0.717) is 11.3 Å². The maximum atomic E-state index is 13.3. The highest BCUT2D eigenvalue weighted by atomic mass is 19.1. The lowest BCUT2D eigenvalue weighted by Crippen LogP contribution is -2.26. The second-order valence-electron chi connectivity index (χ2n) is 6.17. The Bertz CT molecular complexity index is 1010. The summed E-state index contributed by atoms with van der Waals surface area (Å²) in [5, 5.41) is 6.89. The van der Waals surface area contributed by atoms with Crippen LogP contribution < -0.4 is 10.9 Å². The van der Waals surface area contributed by atoms with Gasteiger partial charge in [0.05, 0.1) is 6.54 Å². The van der Waals surface area contributed by atoms with Crippen molar-refractivity contribution >= 4 is 11.6 Å². The summed E-state index contributed by atoms with van der Waals surface area (Å²) in [6.45, 7) is 3.97. The molecule has 5 nitrogen and oxygen atoms in total. The quantitative estimate of drug-likeness (QED) is 0.784. The standard InChI is InChI=1S/C20H18FN3O2/c1-13-8-14(2)10-17(9-13)22-20(26)18-6-7-19(25)24(23-18)12-15-4-3-5-16(21)11-15/h3-11H,12H2,1-2H3,(H,22,26). The second-order valence-corrected chi connectivity index (χ2v) is 6.17. The van der Waals surface area contributed by atoms with Crippen LogP contribution in [0.25, 0.3) is 0 Å². The number of hydrogen-bond acceptors (Lipinski definition) is 3. The van der Waals surface area contributed by atoms with Gasteiger partial charge in [0.1, 0.15) is 11.5 Å². The Morgan fingerprint density at radius 1 is 1.08 bits per heavy atom. The lowest BCUT2D eigenvalue weighted by atomic mass is 10.1. The number of anilines is 1. The zero-order valence-corrected chi connectivity index (χ0v) is 14.5. The zero-order valence-electron chi connectivity index (χ0n) is 14.5. The first-order valence-corrected chi connectivity index (χ1v) is 8.13. The normalized spacial score (nSPS) is 10.6. The lowest BCUT2D eigenvalue weighted by molar-refractivity contribution is 0.102. The van der Waals surface area contributed by atoms with Gasteiger partial charge in [-0.1, -0.05) is 18.2 Å². The maximum Gasteiger partial charge on any atom is 0.276 e. The van der Waals surface area contributed by atoms with E-state index in [0.717, 1.165) is 15.8 Å². The highest BCUT2D eigenvalue weighted by Crippen LogP contribution is 2.14. The molecule has 0 bridgehead atoms. The Hall–Kier alpha value is -3.28. The van der Waals surface area contributed by atoms with Crippen LogP contribution in [0, 0.1) is 19.7 Å². The van der Waals surface area contributed by atoms with Gasteiger partial charge in [0.15, 0.2) is 0 Å². The average Bonchev–Trinajstić information content (AvgIpc) is 2.56. The molecule has 0 spiro atoms. The van der Waals surface area contributed by atoms with Crippen LogP contribution in [0.5, 0.6) is 0 Å². The van der Waals surface area contributed by atoms with Crippen LogP contribution in [0.15, 0.2) is 59.4 Å². The number of rotatable bonds is 4. The summed E-state index contributed by atoms with van der Waals surface area (Å²) in [5.74, 6) is -0.803. The van der Waals surface area contributed by atoms with Crippen molar-refractivity contribution in [1.82, 2.24) is 9.78 Å². The molecule has 1 N–H and O–H groups in total. The van der Waals surface area contributed by atoms with E-state index in [1.807, 2.05) is 32.0 Å². The molecular weight excluding hydrogens is 333 g/mol. The van der Waals surface area contributed by atoms with Crippen LogP contribution in [-0.2, 0) is 6.54 Å². The number of hydrogen-bond donors (Lipinski definition) is 1. The fourth-order valence-corrected chi connectivity index (χ4v) is 2.73. The molecule has 0 fully saturated rings. The summed E-state index contributed by atoms with van der Waals surface area (Å²) >= 11 is 0. The van der Waals surface area contributed by atoms with E-state index >= 15 is 0 Å². The summed E-state index contributed by atoms with van der Waals surface area (Å²) in [6.07, 6.45) is 0. The molecular formula is C20H18FN3O2. The molecule has 0 radical (unpaired) electrons. The molecule has 0 atom stereocenters. The molecule has 0 unspecified atom stereocenters. The third-order valence-corrected chi connectivity index (χ3v) is 3.80. The third-order valence-electron chi connectivity index (χ3n) is 3.80. The van der Waals surface area contributed by atoms with Crippen molar-refractivity contribution in [2.75, 3.05) is 5.32 Å². The summed E-state index contributed by atoms with van der Waals surface area (Å²) in [4.78, 5) is 24.5. The number of nitrogens with one attached hydrogen (secondary N) is 1. The first kappa shape index (κ1) is 17.5. The molecule has 0 aliphatic heterocycles. The van der Waals surface area contributed by atoms with Crippen molar-refractivity contribution in [3.63, 3.8) is 0 Å². The SMILES string of the molecule is Cc1cc(C)cc(NC(=O)c2ccc(=O)n(Cc3cccc(F)c3)n2)c1. The number of aromatic nitrogens is 2. The van der Waals surface area contributed by atoms with E-state index < -0.39 is 5.91 Å². The molecule has 0 aliphatic rings. The minimum absolute atomic E-state index is 0.0846. The van der Waals surface area contributed by atoms with Crippen LogP contribution in [0.4, 0.5) is 10.1 Å². The fraction of sp³-hybridized carbons (Fsp3) is 0.150. The molecule has 3 rings (SSSR count). The molecule has 26 heavy (non-hydrogen) atoms. The lowest BCUT2D eigenvalue weighted by Gasteiger charge is -2.09. The van der Waals surface area contributed by atoms with Crippen molar-refractivity contribution in [2.45, 2.75) is 20.4 Å². The second kappa shape index (κ2) is 7.31. The van der Waals surface area contributed by atoms with Crippen LogP contribution in [0.2, 0.25) is 0 Å². The Labute approximate surface area is 150 Å². The number of carbonyl (C=O) groups is 1. The van der Waals surface area contributed by atoms with Crippen LogP contribution in [0.3, 0.4) is 0 Å². The number of carbonyl (C=O) groups excluding carboxylic acids is 1. The van der Waals surface area contributed by atoms with Gasteiger partial charge in [0.25, 0.3) is 11.5 Å². The van der Waals surface area contributed by atoms with E-state index in [9.17, 15) is 14.0 Å². The number of amides is 1. The maximum absolute atomic E-state index is 13.3. The van der Waals surface area contributed by atoms with Gasteiger partial charge in [-0.15, -0.1) is 0 Å². The van der Waals surface area contributed by atoms with Crippen LogP contribution >= 0.6 is 0 Å². The molecule has 0 saturated carbocycles. The molecule has 3 aromatic rings. The molecule has 132 valence electrons. The summed E-state index contributed by atoms with van der Waals surface area (Å²) in [7, 11) is 0. The van der Waals surface area contributed by atoms with Crippen molar-refractivity contribution in [2.24, 2.45) is 0 Å². The smallest absolute Gasteiger partial charge is 0.276 e. The first-order chi connectivity index (χ1) is 12.4. The molecule has 1 amide bonds. The van der Waals surface area contributed by atoms with Gasteiger partial charge in [-0.25, -0.2) is 9.07 Å². The van der Waals surface area contributed by atoms with Gasteiger partial charge in [-0.2, -0.15) is 5.10 Å². The third kappa shape index (κ3) is 4.22. The Morgan fingerprint density at radius 3 is 2.50 bits per heavy atom. The molecule has 2 aromatic carbocycles. The molecule has 0 aliphatic carbocycles. The fourth-order valence-electron chi connectivity index (χ4n) is 2.73. The van der Waals surface area contributed by atoms with Gasteiger partial charge >= 0.3 is 0 Å². The molecule has 1 aromatic heterocycles. The van der Waals surface area contributed by atoms with E-state index in [-0.39, 0.29) is 23.6 Å². The highest BCUT2D eigenvalue weighted by Gasteiger charge is 2.11. The Balaban J connectivity index is 1.84. The van der Waals surface area contributed by atoms with Gasteiger partial charge in [0, 0.05) is 11.8 Å². The van der Waals surface area contributed by atoms with Crippen molar-refractivity contribution in [3.05, 3.63) is 93.2 Å². The Morgan fingerprint density at radius 2 is 1.81 bits per heavy atom. The van der Waals surface area contributed by atoms with Gasteiger partial charge in [-0.3, -0.25) is 9.59 Å². The summed E-state index contributed by atoms with van der Waals surface area (Å²) < 4.78 is 14.5. The Kier molecular flexibility index (Phi) is 4.93. The van der Waals surface area contributed by atoms with Crippen molar-refractivity contribution < 1.29 is 9.18 Å². The number of nitrogens with zero attached hydrogens (tertiary/aromatic N) is 2. The zero-order chi connectivity index (χ0) is 18.7. The summed E-state index contributed by atoms with van der Waals surface area (Å²) in [5.41, 5.74) is 3.06. The highest BCUT2D eigenvalue weighted by molar-refractivity contribution is 6.02. The van der Waals surface area contributed by atoms with Gasteiger partial charge in [0.2, 0.25) is 0 Å². The van der Waals surface area contributed by atoms with Crippen LogP contribution in [0.1, 0.15) is 27.2 Å². The van der Waals surface area contributed by atoms with E-state index in [1.54, 1.807) is 12.1 Å². The van der Waals surface area contributed by atoms with Crippen molar-refractivity contribution in [1.29, 1.82) is 0 Å². The minimum Gasteiger partial charge on any atom is -0.321 e. The largest absolute Gasteiger partial charge is 0.321 e. The molecule has 1 heterocycles. The minimum atomic E-state index is -0.414. The van der Waals surface area contributed by atoms with Crippen LogP contribution in [-0.4, -0.2) is 15.7 Å². The molecule has 6 heteroatoms. The average molecular weight is 351 g/mol. The molecule has 0 saturated heterocycles. The number of benzene rings is 2. The number of halogens is 1. The predicted octanol–water partition coefficient (Wildman–Crippen LogP) is 3.30. The van der Waals surface area contributed by atoms with E-state index in [1.165, 1.54) is 24.3 Å². The summed E-state index contributed by atoms with van der Waals surface area (Å²) in [6, 6.07) is 14.3. The van der Waals surface area contributed by atoms with Gasteiger partial charge in [-0.05, 0) is 60.9 Å². The van der Waals surface area contributed by atoms with Gasteiger partial charge < -0.3 is 5.32 Å². The van der Waals surface area contributed by atoms with E-state index in [2.05, 4.69) is 10.4 Å². The topological polar surface area (TPSA) is 64.0 Å². The predicted molar refractivity (Wildman–Crippen MR) is 97.9 cm³/mol. The van der Waals surface area contributed by atoms with Crippen molar-refractivity contribution in [3.8, 4) is 0 Å². The first-order valence-electron chi connectivity index (χ1n) is 8.13. The van der Waals surface area contributed by atoms with E-state index in [4.69, 9.17) is 0 Å². The number of aryl methyl sites for hydroxylation is 2.